The molecule has 0 spiro atoms. The van der Waals surface area contributed by atoms with Crippen LogP contribution in [0.2, 0.25) is 5.02 Å². The fourth-order valence-electron chi connectivity index (χ4n) is 1.82. The van der Waals surface area contributed by atoms with Gasteiger partial charge >= 0.3 is 5.69 Å². The van der Waals surface area contributed by atoms with Crippen molar-refractivity contribution in [3.8, 4) is 11.5 Å². The van der Waals surface area contributed by atoms with Crippen LogP contribution in [0.15, 0.2) is 30.3 Å². The number of nitro groups is 1. The molecule has 7 nitrogen and oxygen atoms in total. The highest BCUT2D eigenvalue weighted by Crippen LogP contribution is 2.34. The number of hydrogen-bond donors (Lipinski definition) is 2. The summed E-state index contributed by atoms with van der Waals surface area (Å²) in [6, 6.07) is 5.32. The Balaban J connectivity index is 2.36. The lowest BCUT2D eigenvalue weighted by Crippen LogP contribution is -2.13. The molecular formula is C14H10ClFN2O5. The molecule has 2 aromatic carbocycles. The van der Waals surface area contributed by atoms with E-state index < -0.39 is 28.1 Å². The molecule has 23 heavy (non-hydrogen) atoms. The van der Waals surface area contributed by atoms with Gasteiger partial charge in [-0.1, -0.05) is 11.6 Å². The first kappa shape index (κ1) is 16.5. The maximum absolute atomic E-state index is 13.1. The van der Waals surface area contributed by atoms with Gasteiger partial charge in [-0.3, -0.25) is 14.9 Å². The molecule has 1 amide bonds. The molecular weight excluding hydrogens is 331 g/mol. The van der Waals surface area contributed by atoms with E-state index in [1.165, 1.54) is 19.2 Å². The van der Waals surface area contributed by atoms with Crippen LogP contribution in [0.4, 0.5) is 15.8 Å². The average molecular weight is 341 g/mol. The van der Waals surface area contributed by atoms with Crippen LogP contribution in [0.3, 0.4) is 0 Å². The summed E-state index contributed by atoms with van der Waals surface area (Å²) in [5, 5.41) is 22.9. The van der Waals surface area contributed by atoms with Gasteiger partial charge in [-0.25, -0.2) is 4.39 Å². The van der Waals surface area contributed by atoms with E-state index in [9.17, 15) is 24.4 Å². The number of nitrogens with zero attached hydrogens (tertiary/aromatic N) is 1. The van der Waals surface area contributed by atoms with E-state index in [1.807, 2.05) is 0 Å². The number of nitrogens with one attached hydrogen (secondary N) is 1. The molecule has 0 saturated heterocycles. The van der Waals surface area contributed by atoms with E-state index in [-0.39, 0.29) is 22.0 Å². The average Bonchev–Trinajstić information content (AvgIpc) is 2.50. The van der Waals surface area contributed by atoms with Crippen molar-refractivity contribution in [1.29, 1.82) is 0 Å². The quantitative estimate of drug-likeness (QED) is 0.656. The molecule has 0 aromatic heterocycles. The summed E-state index contributed by atoms with van der Waals surface area (Å²) < 4.78 is 17.9. The second-order valence-corrected chi connectivity index (χ2v) is 4.79. The number of ether oxygens (including phenoxy) is 1. The number of phenols is 1. The van der Waals surface area contributed by atoms with Gasteiger partial charge in [0.1, 0.15) is 11.6 Å². The van der Waals surface area contributed by atoms with Crippen LogP contribution in [0, 0.1) is 15.9 Å². The van der Waals surface area contributed by atoms with Crippen molar-refractivity contribution in [1.82, 2.24) is 0 Å². The van der Waals surface area contributed by atoms with Crippen molar-refractivity contribution in [3.63, 3.8) is 0 Å². The number of carbonyl (C=O) groups excluding carboxylic acids is 1. The highest BCUT2D eigenvalue weighted by Gasteiger charge is 2.22. The van der Waals surface area contributed by atoms with Gasteiger partial charge in [0.25, 0.3) is 5.91 Å². The predicted octanol–water partition coefficient (Wildman–Crippen LogP) is 3.35. The highest BCUT2D eigenvalue weighted by molar-refractivity contribution is 6.31. The number of rotatable bonds is 4. The fourth-order valence-corrected chi connectivity index (χ4v) is 2.00. The largest absolute Gasteiger partial charge is 0.507 e. The van der Waals surface area contributed by atoms with Gasteiger partial charge < -0.3 is 15.2 Å². The number of phenolic OH excluding ortho intramolecular Hbond substituents is 1. The molecule has 0 aliphatic heterocycles. The number of anilines is 1. The maximum atomic E-state index is 13.1. The molecule has 0 saturated carbocycles. The summed E-state index contributed by atoms with van der Waals surface area (Å²) in [4.78, 5) is 22.3. The summed E-state index contributed by atoms with van der Waals surface area (Å²) in [5.41, 5.74) is -0.648. The topological polar surface area (TPSA) is 102 Å². The summed E-state index contributed by atoms with van der Waals surface area (Å²) in [6.45, 7) is 0. The van der Waals surface area contributed by atoms with Crippen LogP contribution < -0.4 is 10.1 Å². The third-order valence-electron chi connectivity index (χ3n) is 2.92. The zero-order valence-electron chi connectivity index (χ0n) is 11.7. The molecule has 120 valence electrons. The SMILES string of the molecule is COc1cc(O)c(C(=O)Nc2ccc(F)c(Cl)c2)cc1[N+](=O)[O-]. The van der Waals surface area contributed by atoms with Crippen molar-refractivity contribution in [3.05, 3.63) is 56.8 Å². The summed E-state index contributed by atoms with van der Waals surface area (Å²) in [5.74, 6) is -2.17. The van der Waals surface area contributed by atoms with E-state index in [4.69, 9.17) is 16.3 Å². The molecule has 2 aromatic rings. The third-order valence-corrected chi connectivity index (χ3v) is 3.21. The lowest BCUT2D eigenvalue weighted by molar-refractivity contribution is -0.385. The molecule has 2 N–H and O–H groups in total. The standard InChI is InChI=1S/C14H10ClFN2O5/c1-23-13-6-12(19)8(5-11(13)18(21)22)14(20)17-7-2-3-10(16)9(15)4-7/h2-6,19H,1H3,(H,17,20). The molecule has 0 atom stereocenters. The molecule has 0 fully saturated rings. The summed E-state index contributed by atoms with van der Waals surface area (Å²) in [6.07, 6.45) is 0. The van der Waals surface area contributed by atoms with Crippen molar-refractivity contribution in [2.75, 3.05) is 12.4 Å². The lowest BCUT2D eigenvalue weighted by Gasteiger charge is -2.09. The maximum Gasteiger partial charge on any atom is 0.311 e. The van der Waals surface area contributed by atoms with Gasteiger partial charge in [0.05, 0.1) is 22.6 Å². The third kappa shape index (κ3) is 3.49. The number of methoxy groups -OCH3 is 1. The van der Waals surface area contributed by atoms with Gasteiger partial charge in [0.2, 0.25) is 5.75 Å². The highest BCUT2D eigenvalue weighted by atomic mass is 35.5. The smallest absolute Gasteiger partial charge is 0.311 e. The minimum absolute atomic E-state index is 0.166. The number of benzene rings is 2. The number of aromatic hydroxyl groups is 1. The van der Waals surface area contributed by atoms with E-state index in [1.54, 1.807) is 0 Å². The van der Waals surface area contributed by atoms with E-state index >= 15 is 0 Å². The van der Waals surface area contributed by atoms with Crippen LogP contribution in [0.5, 0.6) is 11.5 Å². The monoisotopic (exact) mass is 340 g/mol. The first-order valence-electron chi connectivity index (χ1n) is 6.15. The summed E-state index contributed by atoms with van der Waals surface area (Å²) >= 11 is 5.60. The van der Waals surface area contributed by atoms with E-state index in [2.05, 4.69) is 5.32 Å². The molecule has 9 heteroatoms. The van der Waals surface area contributed by atoms with Gasteiger partial charge in [0, 0.05) is 17.8 Å². The first-order chi connectivity index (χ1) is 10.8. The Bertz CT molecular complexity index is 797. The number of hydrogen-bond acceptors (Lipinski definition) is 5. The van der Waals surface area contributed by atoms with Crippen molar-refractivity contribution < 1.29 is 24.0 Å². The molecule has 0 heterocycles. The number of nitro benzene ring substituents is 1. The second kappa shape index (κ2) is 6.49. The Morgan fingerprint density at radius 1 is 1.39 bits per heavy atom. The Kier molecular flexibility index (Phi) is 4.65. The van der Waals surface area contributed by atoms with Gasteiger partial charge in [0.15, 0.2) is 0 Å². The Labute approximate surface area is 134 Å². The zero-order valence-corrected chi connectivity index (χ0v) is 12.4. The van der Waals surface area contributed by atoms with Gasteiger partial charge in [-0.2, -0.15) is 0 Å². The number of amides is 1. The molecule has 0 unspecified atom stereocenters. The molecule has 0 bridgehead atoms. The normalized spacial score (nSPS) is 10.2. The van der Waals surface area contributed by atoms with Crippen molar-refractivity contribution in [2.24, 2.45) is 0 Å². The minimum Gasteiger partial charge on any atom is -0.507 e. The molecule has 2 rings (SSSR count). The Hall–Kier alpha value is -2.87. The van der Waals surface area contributed by atoms with E-state index in [0.29, 0.717) is 0 Å². The predicted molar refractivity (Wildman–Crippen MR) is 80.7 cm³/mol. The number of halogens is 2. The second-order valence-electron chi connectivity index (χ2n) is 4.38. The minimum atomic E-state index is -0.823. The zero-order chi connectivity index (χ0) is 17.1. The van der Waals surface area contributed by atoms with Crippen LogP contribution >= 0.6 is 11.6 Å². The lowest BCUT2D eigenvalue weighted by atomic mass is 10.1. The Morgan fingerprint density at radius 2 is 2.09 bits per heavy atom. The van der Waals surface area contributed by atoms with Crippen LogP contribution in [-0.4, -0.2) is 23.0 Å². The molecule has 0 aliphatic carbocycles. The van der Waals surface area contributed by atoms with Crippen molar-refractivity contribution >= 4 is 28.9 Å². The number of carbonyl (C=O) groups is 1. The van der Waals surface area contributed by atoms with Crippen LogP contribution in [-0.2, 0) is 0 Å². The molecule has 0 radical (unpaired) electrons. The fraction of sp³-hybridized carbons (Fsp3) is 0.0714. The Morgan fingerprint density at radius 3 is 2.65 bits per heavy atom. The van der Waals surface area contributed by atoms with Gasteiger partial charge in [-0.05, 0) is 18.2 Å². The molecule has 0 aliphatic rings. The van der Waals surface area contributed by atoms with E-state index in [0.717, 1.165) is 18.2 Å². The van der Waals surface area contributed by atoms with Gasteiger partial charge in [-0.15, -0.1) is 0 Å². The first-order valence-corrected chi connectivity index (χ1v) is 6.53. The van der Waals surface area contributed by atoms with Crippen LogP contribution in [0.1, 0.15) is 10.4 Å². The van der Waals surface area contributed by atoms with Crippen LogP contribution in [0.25, 0.3) is 0 Å². The van der Waals surface area contributed by atoms with Crippen molar-refractivity contribution in [2.45, 2.75) is 0 Å². The summed E-state index contributed by atoms with van der Waals surface area (Å²) in [7, 11) is 1.20.